The molecular formula is C26H30O9. The molecule has 3 aliphatic heterocycles. The fourth-order valence-corrected chi connectivity index (χ4v) is 8.25. The summed E-state index contributed by atoms with van der Waals surface area (Å²) in [6, 6.07) is 1.73. The van der Waals surface area contributed by atoms with Crippen LogP contribution in [0.25, 0.3) is 0 Å². The molecule has 4 heterocycles. The smallest absolute Gasteiger partial charge is 0.309 e. The summed E-state index contributed by atoms with van der Waals surface area (Å²) in [4.78, 5) is 38.8. The number of rotatable bonds is 1. The maximum Gasteiger partial charge on any atom is 0.309 e. The lowest BCUT2D eigenvalue weighted by atomic mass is 9.48. The van der Waals surface area contributed by atoms with Gasteiger partial charge in [-0.25, -0.2) is 0 Å². The Labute approximate surface area is 202 Å². The van der Waals surface area contributed by atoms with E-state index in [9.17, 15) is 24.6 Å². The molecule has 188 valence electrons. The van der Waals surface area contributed by atoms with E-state index in [1.807, 2.05) is 6.92 Å². The van der Waals surface area contributed by atoms with Gasteiger partial charge in [0, 0.05) is 35.0 Å². The van der Waals surface area contributed by atoms with Gasteiger partial charge in [0.15, 0.2) is 11.4 Å². The molecule has 1 aromatic heterocycles. The highest BCUT2D eigenvalue weighted by atomic mass is 16.6. The van der Waals surface area contributed by atoms with Crippen LogP contribution in [0.1, 0.15) is 51.5 Å². The van der Waals surface area contributed by atoms with Crippen LogP contribution >= 0.6 is 0 Å². The molecule has 9 nitrogen and oxygen atoms in total. The molecule has 2 N–H and O–H groups in total. The molecular weight excluding hydrogens is 456 g/mol. The van der Waals surface area contributed by atoms with Crippen molar-refractivity contribution >= 4 is 17.7 Å². The molecule has 0 bridgehead atoms. The SMILES string of the molecule is C=C1[C@@H]2[C@@H](O[C@H]3CC(=O)O[C@]4(C)COC(=O)C[C@@H]4[C@]32C)[C@H](O)[C@@]2(C)[C@H](c3ccoc3)CC(=O)[C@]12O. The van der Waals surface area contributed by atoms with Crippen LogP contribution in [-0.4, -0.2) is 64.1 Å². The Morgan fingerprint density at radius 2 is 1.83 bits per heavy atom. The van der Waals surface area contributed by atoms with Gasteiger partial charge < -0.3 is 28.8 Å². The van der Waals surface area contributed by atoms with E-state index in [1.54, 1.807) is 19.9 Å². The number of aliphatic hydroxyl groups excluding tert-OH is 1. The third-order valence-corrected chi connectivity index (χ3v) is 10.1. The normalized spacial score (nSPS) is 51.0. The Balaban J connectivity index is 1.52. The van der Waals surface area contributed by atoms with Crippen molar-refractivity contribution in [3.63, 3.8) is 0 Å². The van der Waals surface area contributed by atoms with Gasteiger partial charge in [0.05, 0.1) is 43.7 Å². The van der Waals surface area contributed by atoms with Crippen molar-refractivity contribution in [2.45, 2.75) is 75.5 Å². The number of fused-ring (bicyclic) bond motifs is 6. The van der Waals surface area contributed by atoms with E-state index in [0.29, 0.717) is 5.56 Å². The Morgan fingerprint density at radius 1 is 1.09 bits per heavy atom. The van der Waals surface area contributed by atoms with Crippen LogP contribution in [0.15, 0.2) is 35.2 Å². The number of hydrogen-bond donors (Lipinski definition) is 2. The number of Topliss-reactive ketones (excluding diaryl/α,β-unsaturated/α-hetero) is 1. The van der Waals surface area contributed by atoms with E-state index in [-0.39, 0.29) is 31.4 Å². The summed E-state index contributed by atoms with van der Waals surface area (Å²) in [7, 11) is 0. The Morgan fingerprint density at radius 3 is 2.51 bits per heavy atom. The largest absolute Gasteiger partial charge is 0.472 e. The van der Waals surface area contributed by atoms with E-state index < -0.39 is 75.8 Å². The molecule has 0 spiro atoms. The van der Waals surface area contributed by atoms with Crippen LogP contribution in [0.3, 0.4) is 0 Å². The van der Waals surface area contributed by atoms with Gasteiger partial charge in [-0.3, -0.25) is 14.4 Å². The van der Waals surface area contributed by atoms with Crippen molar-refractivity contribution in [2.75, 3.05) is 6.61 Å². The molecule has 0 amide bonds. The minimum Gasteiger partial charge on any atom is -0.472 e. The Kier molecular flexibility index (Phi) is 4.48. The zero-order chi connectivity index (χ0) is 25.1. The van der Waals surface area contributed by atoms with Gasteiger partial charge in [-0.1, -0.05) is 20.4 Å². The minimum atomic E-state index is -2.03. The van der Waals surface area contributed by atoms with Crippen molar-refractivity contribution in [1.82, 2.24) is 0 Å². The first-order chi connectivity index (χ1) is 16.4. The number of ether oxygens (including phenoxy) is 3. The zero-order valence-corrected chi connectivity index (χ0v) is 20.0. The van der Waals surface area contributed by atoms with Crippen LogP contribution in [0, 0.1) is 22.7 Å². The van der Waals surface area contributed by atoms with Crippen LogP contribution in [0.5, 0.6) is 0 Å². The monoisotopic (exact) mass is 486 g/mol. The highest BCUT2D eigenvalue weighted by molar-refractivity contribution is 5.96. The van der Waals surface area contributed by atoms with Crippen LogP contribution < -0.4 is 0 Å². The molecule has 2 aliphatic carbocycles. The number of esters is 2. The third-order valence-electron chi connectivity index (χ3n) is 10.1. The van der Waals surface area contributed by atoms with Crippen LogP contribution in [0.4, 0.5) is 0 Å². The standard InChI is InChI=1S/C26H30O9/c1-12-20-21(22(30)25(4)14(13-5-6-32-10-13)7-16(27)26(12,25)31)34-17-9-19(29)35-23(2)11-33-18(28)8-15(23)24(17,20)3/h5-6,10,14-15,17,20-22,30-31H,1,7-9,11H2,2-4H3/t14-,15-,17-,20+,21+,22-,23+,24+,25+,26+/m0/s1. The molecule has 1 aromatic rings. The number of hydrogen-bond acceptors (Lipinski definition) is 9. The van der Waals surface area contributed by atoms with E-state index in [1.165, 1.54) is 12.5 Å². The fourth-order valence-electron chi connectivity index (χ4n) is 8.25. The number of ketones is 1. The molecule has 0 radical (unpaired) electrons. The average molecular weight is 487 g/mol. The van der Waals surface area contributed by atoms with E-state index >= 15 is 0 Å². The molecule has 6 rings (SSSR count). The molecule has 5 aliphatic rings. The number of carbonyl (C=O) groups excluding carboxylic acids is 3. The van der Waals surface area contributed by atoms with Crippen LogP contribution in [0.2, 0.25) is 0 Å². The first-order valence-corrected chi connectivity index (χ1v) is 12.1. The van der Waals surface area contributed by atoms with Gasteiger partial charge in [0.2, 0.25) is 0 Å². The quantitative estimate of drug-likeness (QED) is 0.449. The lowest BCUT2D eigenvalue weighted by molar-refractivity contribution is -0.202. The second-order valence-electron chi connectivity index (χ2n) is 11.5. The van der Waals surface area contributed by atoms with Crippen molar-refractivity contribution in [1.29, 1.82) is 0 Å². The lowest BCUT2D eigenvalue weighted by Gasteiger charge is -2.57. The average Bonchev–Trinajstić information content (AvgIpc) is 3.46. The van der Waals surface area contributed by atoms with Gasteiger partial charge in [0.25, 0.3) is 0 Å². The van der Waals surface area contributed by atoms with Crippen molar-refractivity contribution in [2.24, 2.45) is 22.7 Å². The summed E-state index contributed by atoms with van der Waals surface area (Å²) < 4.78 is 22.7. The Bertz CT molecular complexity index is 1140. The third kappa shape index (κ3) is 2.51. The van der Waals surface area contributed by atoms with E-state index in [4.69, 9.17) is 18.6 Å². The predicted molar refractivity (Wildman–Crippen MR) is 118 cm³/mol. The number of cyclic esters (lactones) is 1. The molecule has 2 saturated carbocycles. The first kappa shape index (κ1) is 22.9. The van der Waals surface area contributed by atoms with Crippen LogP contribution in [-0.2, 0) is 28.6 Å². The molecule has 0 unspecified atom stereocenters. The highest BCUT2D eigenvalue weighted by Gasteiger charge is 2.78. The second-order valence-corrected chi connectivity index (χ2v) is 11.5. The summed E-state index contributed by atoms with van der Waals surface area (Å²) in [5.41, 5.74) is -4.45. The molecule has 10 atom stereocenters. The van der Waals surface area contributed by atoms with Gasteiger partial charge in [-0.2, -0.15) is 0 Å². The maximum atomic E-state index is 13.5. The van der Waals surface area contributed by atoms with Gasteiger partial charge in [-0.05, 0) is 24.1 Å². The van der Waals surface area contributed by atoms with E-state index in [2.05, 4.69) is 6.58 Å². The predicted octanol–water partition coefficient (Wildman–Crippen LogP) is 1.66. The second kappa shape index (κ2) is 6.83. The molecule has 5 fully saturated rings. The highest BCUT2D eigenvalue weighted by Crippen LogP contribution is 2.70. The summed E-state index contributed by atoms with van der Waals surface area (Å²) in [5.74, 6) is -3.07. The van der Waals surface area contributed by atoms with Gasteiger partial charge in [0.1, 0.15) is 12.2 Å². The molecule has 9 heteroatoms. The number of furan rings is 1. The number of aliphatic hydroxyl groups is 2. The summed E-state index contributed by atoms with van der Waals surface area (Å²) in [6.45, 7) is 9.48. The van der Waals surface area contributed by atoms with Gasteiger partial charge in [-0.15, -0.1) is 0 Å². The topological polar surface area (TPSA) is 132 Å². The summed E-state index contributed by atoms with van der Waals surface area (Å²) >= 11 is 0. The summed E-state index contributed by atoms with van der Waals surface area (Å²) in [6.07, 6.45) is 0.123. The summed E-state index contributed by atoms with van der Waals surface area (Å²) in [5, 5.41) is 24.0. The first-order valence-electron chi connectivity index (χ1n) is 12.1. The van der Waals surface area contributed by atoms with Crippen molar-refractivity contribution in [3.8, 4) is 0 Å². The Hall–Kier alpha value is -2.49. The molecule has 3 saturated heterocycles. The fraction of sp³-hybridized carbons (Fsp3) is 0.654. The van der Waals surface area contributed by atoms with Gasteiger partial charge >= 0.3 is 11.9 Å². The zero-order valence-electron chi connectivity index (χ0n) is 20.0. The molecule has 35 heavy (non-hydrogen) atoms. The molecule has 0 aromatic carbocycles. The van der Waals surface area contributed by atoms with Crippen molar-refractivity contribution < 1.29 is 43.2 Å². The maximum absolute atomic E-state index is 13.5. The van der Waals surface area contributed by atoms with Crippen molar-refractivity contribution in [3.05, 3.63) is 36.3 Å². The number of carbonyl (C=O) groups is 3. The minimum absolute atomic E-state index is 0.0112. The van der Waals surface area contributed by atoms with E-state index in [0.717, 1.165) is 0 Å². The lowest BCUT2D eigenvalue weighted by Crippen LogP contribution is -2.67.